The van der Waals surface area contributed by atoms with Gasteiger partial charge in [-0.1, -0.05) is 0 Å². The third kappa shape index (κ3) is 3.37. The quantitative estimate of drug-likeness (QED) is 0.878. The highest BCUT2D eigenvalue weighted by atomic mass is 16.3. The summed E-state index contributed by atoms with van der Waals surface area (Å²) in [6.45, 7) is 7.47. The summed E-state index contributed by atoms with van der Waals surface area (Å²) in [7, 11) is 2.00. The van der Waals surface area contributed by atoms with E-state index in [-0.39, 0.29) is 6.10 Å². The number of hydrogen-bond acceptors (Lipinski definition) is 3. The molecule has 1 aliphatic carbocycles. The van der Waals surface area contributed by atoms with E-state index in [1.54, 1.807) is 0 Å². The fourth-order valence-corrected chi connectivity index (χ4v) is 3.21. The van der Waals surface area contributed by atoms with Gasteiger partial charge in [0.2, 0.25) is 0 Å². The lowest BCUT2D eigenvalue weighted by Crippen LogP contribution is -2.30. The predicted octanol–water partition coefficient (Wildman–Crippen LogP) is 2.24. The number of aromatic nitrogens is 2. The lowest BCUT2D eigenvalue weighted by atomic mass is 9.87. The largest absolute Gasteiger partial charge is 0.393 e. The summed E-state index contributed by atoms with van der Waals surface area (Å²) in [4.78, 5) is 0. The number of hydrogen-bond donors (Lipinski definition) is 2. The molecule has 0 saturated heterocycles. The summed E-state index contributed by atoms with van der Waals surface area (Å²) in [5.41, 5.74) is 3.70. The zero-order chi connectivity index (χ0) is 14.0. The van der Waals surface area contributed by atoms with E-state index in [9.17, 15) is 5.11 Å². The fourth-order valence-electron chi connectivity index (χ4n) is 3.21. The molecule has 19 heavy (non-hydrogen) atoms. The standard InChI is InChI=1S/C15H27N3O/c1-10(15-11(2)17-18(4)12(15)3)16-9-13-5-7-14(19)8-6-13/h10,13-14,16,19H,5-9H2,1-4H3. The monoisotopic (exact) mass is 265 g/mol. The number of rotatable bonds is 4. The van der Waals surface area contributed by atoms with Gasteiger partial charge in [-0.05, 0) is 58.9 Å². The minimum Gasteiger partial charge on any atom is -0.393 e. The molecule has 2 rings (SSSR count). The highest BCUT2D eigenvalue weighted by Crippen LogP contribution is 2.25. The molecule has 1 aromatic rings. The van der Waals surface area contributed by atoms with E-state index < -0.39 is 0 Å². The van der Waals surface area contributed by atoms with Gasteiger partial charge in [-0.3, -0.25) is 4.68 Å². The van der Waals surface area contributed by atoms with Crippen LogP contribution in [0.4, 0.5) is 0 Å². The second kappa shape index (κ2) is 6.06. The highest BCUT2D eigenvalue weighted by molar-refractivity contribution is 5.27. The third-order valence-electron chi connectivity index (χ3n) is 4.53. The molecule has 4 nitrogen and oxygen atoms in total. The molecular weight excluding hydrogens is 238 g/mol. The van der Waals surface area contributed by atoms with Gasteiger partial charge in [0.05, 0.1) is 11.8 Å². The highest BCUT2D eigenvalue weighted by Gasteiger charge is 2.21. The number of aliphatic hydroxyl groups is 1. The smallest absolute Gasteiger partial charge is 0.0644 e. The lowest BCUT2D eigenvalue weighted by molar-refractivity contribution is 0.108. The Bertz CT molecular complexity index is 419. The van der Waals surface area contributed by atoms with Gasteiger partial charge in [-0.25, -0.2) is 0 Å². The van der Waals surface area contributed by atoms with Crippen LogP contribution in [0.1, 0.15) is 55.6 Å². The van der Waals surface area contributed by atoms with Crippen molar-refractivity contribution in [2.24, 2.45) is 13.0 Å². The van der Waals surface area contributed by atoms with E-state index in [1.165, 1.54) is 11.3 Å². The van der Waals surface area contributed by atoms with Crippen LogP contribution >= 0.6 is 0 Å². The van der Waals surface area contributed by atoms with E-state index in [4.69, 9.17) is 0 Å². The first-order valence-corrected chi connectivity index (χ1v) is 7.40. The van der Waals surface area contributed by atoms with E-state index in [2.05, 4.69) is 31.2 Å². The average Bonchev–Trinajstić information content (AvgIpc) is 2.62. The molecule has 1 fully saturated rings. The summed E-state index contributed by atoms with van der Waals surface area (Å²) in [6.07, 6.45) is 4.16. The summed E-state index contributed by atoms with van der Waals surface area (Å²) in [5.74, 6) is 0.711. The molecule has 108 valence electrons. The van der Waals surface area contributed by atoms with Gasteiger partial charge in [0.15, 0.2) is 0 Å². The number of aliphatic hydroxyl groups excluding tert-OH is 1. The third-order valence-corrected chi connectivity index (χ3v) is 4.53. The Labute approximate surface area is 116 Å². The molecule has 0 amide bonds. The predicted molar refractivity (Wildman–Crippen MR) is 77.1 cm³/mol. The Hall–Kier alpha value is -0.870. The van der Waals surface area contributed by atoms with Crippen molar-refractivity contribution in [3.05, 3.63) is 17.0 Å². The Morgan fingerprint density at radius 2 is 1.95 bits per heavy atom. The fraction of sp³-hybridized carbons (Fsp3) is 0.800. The zero-order valence-electron chi connectivity index (χ0n) is 12.6. The van der Waals surface area contributed by atoms with Crippen molar-refractivity contribution in [3.63, 3.8) is 0 Å². The van der Waals surface area contributed by atoms with Crippen LogP contribution in [0.2, 0.25) is 0 Å². The van der Waals surface area contributed by atoms with E-state index in [0.717, 1.165) is 37.9 Å². The maximum atomic E-state index is 9.53. The van der Waals surface area contributed by atoms with Gasteiger partial charge < -0.3 is 10.4 Å². The minimum atomic E-state index is -0.0588. The number of aryl methyl sites for hydroxylation is 2. The number of nitrogens with one attached hydrogen (secondary N) is 1. The first-order chi connectivity index (χ1) is 8.99. The first kappa shape index (κ1) is 14.5. The SMILES string of the molecule is Cc1nn(C)c(C)c1C(C)NCC1CCC(O)CC1. The van der Waals surface area contributed by atoms with Crippen molar-refractivity contribution in [2.75, 3.05) is 6.54 Å². The first-order valence-electron chi connectivity index (χ1n) is 7.40. The van der Waals surface area contributed by atoms with Crippen LogP contribution in [-0.4, -0.2) is 27.5 Å². The average molecular weight is 265 g/mol. The summed E-state index contributed by atoms with van der Waals surface area (Å²) < 4.78 is 1.96. The topological polar surface area (TPSA) is 50.1 Å². The molecular formula is C15H27N3O. The summed E-state index contributed by atoms with van der Waals surface area (Å²) in [5, 5.41) is 17.6. The molecule has 0 bridgehead atoms. The Morgan fingerprint density at radius 3 is 2.47 bits per heavy atom. The molecule has 0 radical (unpaired) electrons. The molecule has 2 N–H and O–H groups in total. The minimum absolute atomic E-state index is 0.0588. The maximum absolute atomic E-state index is 9.53. The molecule has 1 saturated carbocycles. The molecule has 0 aliphatic heterocycles. The Balaban J connectivity index is 1.89. The van der Waals surface area contributed by atoms with Crippen LogP contribution in [0.15, 0.2) is 0 Å². The van der Waals surface area contributed by atoms with Crippen LogP contribution in [0.5, 0.6) is 0 Å². The second-order valence-corrected chi connectivity index (χ2v) is 6.01. The van der Waals surface area contributed by atoms with Crippen LogP contribution in [0.25, 0.3) is 0 Å². The van der Waals surface area contributed by atoms with Crippen molar-refractivity contribution in [3.8, 4) is 0 Å². The van der Waals surface area contributed by atoms with Crippen molar-refractivity contribution < 1.29 is 5.11 Å². The molecule has 4 heteroatoms. The molecule has 1 unspecified atom stereocenters. The van der Waals surface area contributed by atoms with Gasteiger partial charge in [0.25, 0.3) is 0 Å². The molecule has 1 heterocycles. The van der Waals surface area contributed by atoms with Crippen molar-refractivity contribution in [1.29, 1.82) is 0 Å². The Morgan fingerprint density at radius 1 is 1.32 bits per heavy atom. The van der Waals surface area contributed by atoms with Gasteiger partial charge in [0.1, 0.15) is 0 Å². The zero-order valence-corrected chi connectivity index (χ0v) is 12.6. The summed E-state index contributed by atoms with van der Waals surface area (Å²) in [6, 6.07) is 0.348. The summed E-state index contributed by atoms with van der Waals surface area (Å²) >= 11 is 0. The molecule has 1 atom stereocenters. The van der Waals surface area contributed by atoms with Crippen LogP contribution < -0.4 is 5.32 Å². The van der Waals surface area contributed by atoms with Gasteiger partial charge >= 0.3 is 0 Å². The second-order valence-electron chi connectivity index (χ2n) is 6.01. The molecule has 1 aliphatic rings. The van der Waals surface area contributed by atoms with Crippen LogP contribution in [0.3, 0.4) is 0 Å². The Kier molecular flexibility index (Phi) is 4.63. The molecule has 0 spiro atoms. The molecule has 1 aromatic heterocycles. The van der Waals surface area contributed by atoms with Gasteiger partial charge in [0, 0.05) is 24.3 Å². The molecule has 0 aromatic carbocycles. The van der Waals surface area contributed by atoms with Crippen molar-refractivity contribution in [2.45, 2.75) is 58.6 Å². The van der Waals surface area contributed by atoms with Gasteiger partial charge in [-0.2, -0.15) is 5.10 Å². The van der Waals surface area contributed by atoms with Crippen LogP contribution in [-0.2, 0) is 7.05 Å². The van der Waals surface area contributed by atoms with Crippen LogP contribution in [0, 0.1) is 19.8 Å². The number of nitrogens with zero attached hydrogens (tertiary/aromatic N) is 2. The van der Waals surface area contributed by atoms with E-state index in [0.29, 0.717) is 12.0 Å². The lowest BCUT2D eigenvalue weighted by Gasteiger charge is -2.27. The van der Waals surface area contributed by atoms with Crippen molar-refractivity contribution in [1.82, 2.24) is 15.1 Å². The normalized spacial score (nSPS) is 25.5. The van der Waals surface area contributed by atoms with Gasteiger partial charge in [-0.15, -0.1) is 0 Å². The maximum Gasteiger partial charge on any atom is 0.0644 e. The van der Waals surface area contributed by atoms with Crippen molar-refractivity contribution >= 4 is 0 Å². The van der Waals surface area contributed by atoms with E-state index in [1.807, 2.05) is 11.7 Å². The van der Waals surface area contributed by atoms with E-state index >= 15 is 0 Å².